The summed E-state index contributed by atoms with van der Waals surface area (Å²) in [4.78, 5) is 10.5. The van der Waals surface area contributed by atoms with Gasteiger partial charge in [0.1, 0.15) is 5.75 Å². The molecule has 1 aromatic rings. The van der Waals surface area contributed by atoms with Crippen LogP contribution in [0.3, 0.4) is 0 Å². The SMILES string of the molecule is CCSCCCOc1ccc([N+](=O)[O-])cc1CNC(C)C. The highest BCUT2D eigenvalue weighted by Gasteiger charge is 2.12. The smallest absolute Gasteiger partial charge is 0.270 e. The highest BCUT2D eigenvalue weighted by Crippen LogP contribution is 2.24. The number of rotatable bonds is 10. The molecule has 1 aromatic carbocycles. The summed E-state index contributed by atoms with van der Waals surface area (Å²) < 4.78 is 5.77. The third-order valence-corrected chi connectivity index (χ3v) is 3.84. The van der Waals surface area contributed by atoms with E-state index in [2.05, 4.69) is 12.2 Å². The van der Waals surface area contributed by atoms with Crippen LogP contribution in [0, 0.1) is 10.1 Å². The standard InChI is InChI=1S/C15H24N2O3S/c1-4-21-9-5-8-20-15-7-6-14(17(18)19)10-13(15)11-16-12(2)3/h6-7,10,12,16H,4-5,8-9,11H2,1-3H3. The molecular formula is C15H24N2O3S. The molecule has 0 heterocycles. The summed E-state index contributed by atoms with van der Waals surface area (Å²) >= 11 is 1.89. The van der Waals surface area contributed by atoms with Crippen molar-refractivity contribution in [1.82, 2.24) is 5.32 Å². The zero-order valence-corrected chi connectivity index (χ0v) is 13.7. The van der Waals surface area contributed by atoms with Crippen LogP contribution in [-0.2, 0) is 6.54 Å². The molecule has 0 aliphatic carbocycles. The van der Waals surface area contributed by atoms with E-state index >= 15 is 0 Å². The second-order valence-electron chi connectivity index (χ2n) is 4.98. The first kappa shape index (κ1) is 17.8. The van der Waals surface area contributed by atoms with Gasteiger partial charge in [0.25, 0.3) is 5.69 Å². The van der Waals surface area contributed by atoms with Gasteiger partial charge in [-0.2, -0.15) is 11.8 Å². The predicted molar refractivity (Wildman–Crippen MR) is 88.2 cm³/mol. The molecule has 0 spiro atoms. The highest BCUT2D eigenvalue weighted by molar-refractivity contribution is 7.99. The molecule has 0 fully saturated rings. The number of ether oxygens (including phenoxy) is 1. The largest absolute Gasteiger partial charge is 0.493 e. The molecule has 1 rings (SSSR count). The Morgan fingerprint density at radius 3 is 2.81 bits per heavy atom. The quantitative estimate of drug-likeness (QED) is 0.406. The van der Waals surface area contributed by atoms with Gasteiger partial charge in [0, 0.05) is 30.3 Å². The van der Waals surface area contributed by atoms with Crippen molar-refractivity contribution in [3.63, 3.8) is 0 Å². The first-order chi connectivity index (χ1) is 10.0. The van der Waals surface area contributed by atoms with Gasteiger partial charge in [-0.25, -0.2) is 0 Å². The molecule has 0 amide bonds. The Kier molecular flexibility index (Phi) is 8.15. The number of benzene rings is 1. The molecule has 0 saturated heterocycles. The van der Waals surface area contributed by atoms with E-state index < -0.39 is 0 Å². The minimum absolute atomic E-state index is 0.101. The third-order valence-electron chi connectivity index (χ3n) is 2.85. The van der Waals surface area contributed by atoms with E-state index in [-0.39, 0.29) is 10.6 Å². The Balaban J connectivity index is 2.68. The summed E-state index contributed by atoms with van der Waals surface area (Å²) in [5, 5.41) is 14.1. The zero-order chi connectivity index (χ0) is 15.7. The predicted octanol–water partition coefficient (Wildman–Crippen LogP) is 3.61. The van der Waals surface area contributed by atoms with Crippen molar-refractivity contribution in [2.45, 2.75) is 39.8 Å². The van der Waals surface area contributed by atoms with Gasteiger partial charge in [-0.15, -0.1) is 0 Å². The van der Waals surface area contributed by atoms with Crippen molar-refractivity contribution in [2.75, 3.05) is 18.1 Å². The lowest BCUT2D eigenvalue weighted by Crippen LogP contribution is -2.22. The van der Waals surface area contributed by atoms with Crippen molar-refractivity contribution in [3.05, 3.63) is 33.9 Å². The van der Waals surface area contributed by atoms with Crippen molar-refractivity contribution in [2.24, 2.45) is 0 Å². The molecule has 0 aliphatic rings. The number of nitro benzene ring substituents is 1. The number of nitrogens with zero attached hydrogens (tertiary/aromatic N) is 1. The van der Waals surface area contributed by atoms with Gasteiger partial charge in [0.05, 0.1) is 11.5 Å². The molecule has 21 heavy (non-hydrogen) atoms. The maximum absolute atomic E-state index is 10.9. The number of nitro groups is 1. The fourth-order valence-corrected chi connectivity index (χ4v) is 2.37. The van der Waals surface area contributed by atoms with E-state index in [1.54, 1.807) is 12.1 Å². The second kappa shape index (κ2) is 9.63. The maximum Gasteiger partial charge on any atom is 0.270 e. The first-order valence-electron chi connectivity index (χ1n) is 7.25. The van der Waals surface area contributed by atoms with Crippen LogP contribution in [0.5, 0.6) is 5.75 Å². The Labute approximate surface area is 130 Å². The summed E-state index contributed by atoms with van der Waals surface area (Å²) in [6.45, 7) is 7.43. The molecule has 0 unspecified atom stereocenters. The minimum Gasteiger partial charge on any atom is -0.493 e. The average molecular weight is 312 g/mol. The van der Waals surface area contributed by atoms with Crippen molar-refractivity contribution in [3.8, 4) is 5.75 Å². The lowest BCUT2D eigenvalue weighted by molar-refractivity contribution is -0.384. The van der Waals surface area contributed by atoms with Gasteiger partial charge in [0.2, 0.25) is 0 Å². The van der Waals surface area contributed by atoms with E-state index in [0.29, 0.717) is 19.2 Å². The third kappa shape index (κ3) is 6.82. The van der Waals surface area contributed by atoms with Crippen LogP contribution in [0.25, 0.3) is 0 Å². The fraction of sp³-hybridized carbons (Fsp3) is 0.600. The van der Waals surface area contributed by atoms with E-state index in [0.717, 1.165) is 29.2 Å². The number of hydrogen-bond donors (Lipinski definition) is 1. The summed E-state index contributed by atoms with van der Waals surface area (Å²) in [7, 11) is 0. The summed E-state index contributed by atoms with van der Waals surface area (Å²) in [5.41, 5.74) is 0.936. The Bertz CT molecular complexity index is 453. The first-order valence-corrected chi connectivity index (χ1v) is 8.41. The topological polar surface area (TPSA) is 64.4 Å². The molecule has 0 atom stereocenters. The van der Waals surface area contributed by atoms with Gasteiger partial charge < -0.3 is 10.1 Å². The van der Waals surface area contributed by atoms with Crippen LogP contribution in [0.2, 0.25) is 0 Å². The molecule has 0 aromatic heterocycles. The van der Waals surface area contributed by atoms with Crippen LogP contribution in [0.4, 0.5) is 5.69 Å². The summed E-state index contributed by atoms with van der Waals surface area (Å²) in [6, 6.07) is 5.10. The van der Waals surface area contributed by atoms with Gasteiger partial charge in [-0.1, -0.05) is 20.8 Å². The summed E-state index contributed by atoms with van der Waals surface area (Å²) in [6.07, 6.45) is 0.979. The Hall–Kier alpha value is -1.27. The van der Waals surface area contributed by atoms with Crippen molar-refractivity contribution in [1.29, 1.82) is 0 Å². The van der Waals surface area contributed by atoms with E-state index in [1.165, 1.54) is 6.07 Å². The van der Waals surface area contributed by atoms with Crippen LogP contribution >= 0.6 is 11.8 Å². The van der Waals surface area contributed by atoms with Crippen LogP contribution in [0.15, 0.2) is 18.2 Å². The number of non-ortho nitro benzene ring substituents is 1. The number of nitrogens with one attached hydrogen (secondary N) is 1. The molecule has 0 bridgehead atoms. The van der Waals surface area contributed by atoms with E-state index in [1.807, 2.05) is 25.6 Å². The zero-order valence-electron chi connectivity index (χ0n) is 12.9. The normalized spacial score (nSPS) is 10.9. The van der Waals surface area contributed by atoms with Crippen LogP contribution in [-0.4, -0.2) is 29.1 Å². The molecule has 1 N–H and O–H groups in total. The Morgan fingerprint density at radius 1 is 1.43 bits per heavy atom. The number of thioether (sulfide) groups is 1. The molecule has 5 nitrogen and oxygen atoms in total. The molecule has 0 saturated carbocycles. The monoisotopic (exact) mass is 312 g/mol. The van der Waals surface area contributed by atoms with Gasteiger partial charge in [-0.05, 0) is 24.0 Å². The van der Waals surface area contributed by atoms with Crippen LogP contribution < -0.4 is 10.1 Å². The lowest BCUT2D eigenvalue weighted by atomic mass is 10.1. The number of hydrogen-bond acceptors (Lipinski definition) is 5. The fourth-order valence-electron chi connectivity index (χ4n) is 1.76. The van der Waals surface area contributed by atoms with Crippen LogP contribution in [0.1, 0.15) is 32.8 Å². The highest BCUT2D eigenvalue weighted by atomic mass is 32.2. The van der Waals surface area contributed by atoms with Gasteiger partial charge in [-0.3, -0.25) is 10.1 Å². The van der Waals surface area contributed by atoms with E-state index in [4.69, 9.17) is 4.74 Å². The molecule has 0 aliphatic heterocycles. The molecule has 0 radical (unpaired) electrons. The van der Waals surface area contributed by atoms with Gasteiger partial charge >= 0.3 is 0 Å². The summed E-state index contributed by atoms with van der Waals surface area (Å²) in [5.74, 6) is 2.92. The average Bonchev–Trinajstić information content (AvgIpc) is 2.45. The van der Waals surface area contributed by atoms with E-state index in [9.17, 15) is 10.1 Å². The molecule has 118 valence electrons. The maximum atomic E-state index is 10.9. The van der Waals surface area contributed by atoms with Crippen molar-refractivity contribution >= 4 is 17.4 Å². The van der Waals surface area contributed by atoms with Gasteiger partial charge in [0.15, 0.2) is 0 Å². The Morgan fingerprint density at radius 2 is 2.19 bits per heavy atom. The second-order valence-corrected chi connectivity index (χ2v) is 6.38. The lowest BCUT2D eigenvalue weighted by Gasteiger charge is -2.13. The minimum atomic E-state index is -0.374. The molecule has 6 heteroatoms. The molecular weight excluding hydrogens is 288 g/mol. The van der Waals surface area contributed by atoms with Crippen molar-refractivity contribution < 1.29 is 9.66 Å².